The van der Waals surface area contributed by atoms with Crippen LogP contribution >= 0.6 is 0 Å². The van der Waals surface area contributed by atoms with Crippen LogP contribution in [0.15, 0.2) is 24.3 Å². The van der Waals surface area contributed by atoms with Crippen molar-refractivity contribution in [3.8, 4) is 0 Å². The Labute approximate surface area is 129 Å². The van der Waals surface area contributed by atoms with Gasteiger partial charge in [0.05, 0.1) is 0 Å². The van der Waals surface area contributed by atoms with Gasteiger partial charge in [-0.1, -0.05) is 44.5 Å². The molecule has 1 aliphatic carbocycles. The van der Waals surface area contributed by atoms with Crippen LogP contribution in [0.4, 0.5) is 0 Å². The van der Waals surface area contributed by atoms with E-state index in [9.17, 15) is 0 Å². The molecule has 3 rings (SSSR count). The summed E-state index contributed by atoms with van der Waals surface area (Å²) in [5, 5.41) is 3.70. The normalized spacial score (nSPS) is 23.0. The highest BCUT2D eigenvalue weighted by molar-refractivity contribution is 5.24. The van der Waals surface area contributed by atoms with Crippen LogP contribution in [0.25, 0.3) is 0 Å². The lowest BCUT2D eigenvalue weighted by Crippen LogP contribution is -2.44. The van der Waals surface area contributed by atoms with E-state index in [-0.39, 0.29) is 0 Å². The zero-order chi connectivity index (χ0) is 14.7. The van der Waals surface area contributed by atoms with E-state index in [0.29, 0.717) is 12.0 Å². The first-order valence-electron chi connectivity index (χ1n) is 8.78. The first-order valence-corrected chi connectivity index (χ1v) is 8.78. The molecule has 1 N–H and O–H groups in total. The summed E-state index contributed by atoms with van der Waals surface area (Å²) in [6, 6.07) is 10.8. The molecule has 21 heavy (non-hydrogen) atoms. The van der Waals surface area contributed by atoms with Crippen molar-refractivity contribution in [1.29, 1.82) is 0 Å². The van der Waals surface area contributed by atoms with Gasteiger partial charge in [-0.25, -0.2) is 0 Å². The van der Waals surface area contributed by atoms with Gasteiger partial charge in [-0.2, -0.15) is 0 Å². The van der Waals surface area contributed by atoms with Crippen molar-refractivity contribution in [3.63, 3.8) is 0 Å². The van der Waals surface area contributed by atoms with Gasteiger partial charge in [0.25, 0.3) is 0 Å². The Balaban J connectivity index is 1.59. The first kappa shape index (κ1) is 15.1. The van der Waals surface area contributed by atoms with E-state index >= 15 is 0 Å². The van der Waals surface area contributed by atoms with Crippen molar-refractivity contribution in [3.05, 3.63) is 35.4 Å². The van der Waals surface area contributed by atoms with Crippen LogP contribution < -0.4 is 5.32 Å². The molecular formula is C19H30N2. The minimum Gasteiger partial charge on any atom is -0.313 e. The molecule has 0 spiro atoms. The number of nitrogens with one attached hydrogen (secondary N) is 1. The standard InChI is InChI=1S/C19H30N2/c1-15(2)17-8-6-16(7-9-17)13-21(19-10-11-19)14-18-5-3-4-12-20-18/h6-9,15,18-20H,3-5,10-14H2,1-2H3. The quantitative estimate of drug-likeness (QED) is 0.853. The number of hydrogen-bond donors (Lipinski definition) is 1. The van der Waals surface area contributed by atoms with Gasteiger partial charge in [0.1, 0.15) is 0 Å². The molecule has 1 atom stereocenters. The maximum atomic E-state index is 3.70. The highest BCUT2D eigenvalue weighted by Crippen LogP contribution is 2.29. The van der Waals surface area contributed by atoms with Gasteiger partial charge in [0.2, 0.25) is 0 Å². The summed E-state index contributed by atoms with van der Waals surface area (Å²) in [5.74, 6) is 0.630. The number of nitrogens with zero attached hydrogens (tertiary/aromatic N) is 1. The van der Waals surface area contributed by atoms with E-state index in [0.717, 1.165) is 12.6 Å². The average Bonchev–Trinajstić information content (AvgIpc) is 3.33. The molecule has 1 aromatic carbocycles. The molecule has 0 radical (unpaired) electrons. The van der Waals surface area contributed by atoms with Crippen molar-refractivity contribution in [2.45, 2.75) is 70.5 Å². The molecule has 1 unspecified atom stereocenters. The monoisotopic (exact) mass is 286 g/mol. The Hall–Kier alpha value is -0.860. The smallest absolute Gasteiger partial charge is 0.0237 e. The Morgan fingerprint density at radius 3 is 2.43 bits per heavy atom. The molecule has 1 saturated carbocycles. The fraction of sp³-hybridized carbons (Fsp3) is 0.684. The van der Waals surface area contributed by atoms with E-state index < -0.39 is 0 Å². The molecule has 1 heterocycles. The largest absolute Gasteiger partial charge is 0.313 e. The van der Waals surface area contributed by atoms with Crippen molar-refractivity contribution < 1.29 is 0 Å². The zero-order valence-corrected chi connectivity index (χ0v) is 13.6. The van der Waals surface area contributed by atoms with Crippen LogP contribution in [0, 0.1) is 0 Å². The van der Waals surface area contributed by atoms with E-state index in [1.165, 1.54) is 56.3 Å². The highest BCUT2D eigenvalue weighted by atomic mass is 15.2. The summed E-state index contributed by atoms with van der Waals surface area (Å²) in [6.07, 6.45) is 6.92. The average molecular weight is 286 g/mol. The molecule has 2 aliphatic rings. The predicted molar refractivity (Wildman–Crippen MR) is 89.6 cm³/mol. The van der Waals surface area contributed by atoms with Gasteiger partial charge in [-0.3, -0.25) is 4.90 Å². The van der Waals surface area contributed by atoms with Crippen molar-refractivity contribution >= 4 is 0 Å². The molecule has 2 nitrogen and oxygen atoms in total. The Kier molecular flexibility index (Phi) is 4.97. The first-order chi connectivity index (χ1) is 10.2. The molecule has 2 fully saturated rings. The second-order valence-electron chi connectivity index (χ2n) is 7.20. The van der Waals surface area contributed by atoms with Gasteiger partial charge in [-0.15, -0.1) is 0 Å². The van der Waals surface area contributed by atoms with Crippen molar-refractivity contribution in [1.82, 2.24) is 10.2 Å². The summed E-state index contributed by atoms with van der Waals surface area (Å²) in [4.78, 5) is 2.72. The summed E-state index contributed by atoms with van der Waals surface area (Å²) in [5.41, 5.74) is 2.92. The third-order valence-corrected chi connectivity index (χ3v) is 4.96. The maximum absolute atomic E-state index is 3.70. The molecule has 0 bridgehead atoms. The molecular weight excluding hydrogens is 256 g/mol. The molecule has 1 aromatic rings. The van der Waals surface area contributed by atoms with E-state index in [2.05, 4.69) is 48.3 Å². The van der Waals surface area contributed by atoms with E-state index in [1.807, 2.05) is 0 Å². The summed E-state index contributed by atoms with van der Waals surface area (Å²) in [7, 11) is 0. The zero-order valence-electron chi connectivity index (χ0n) is 13.6. The van der Waals surface area contributed by atoms with Crippen molar-refractivity contribution in [2.75, 3.05) is 13.1 Å². The molecule has 1 saturated heterocycles. The minimum absolute atomic E-state index is 0.630. The lowest BCUT2D eigenvalue weighted by atomic mass is 10.0. The topological polar surface area (TPSA) is 15.3 Å². The predicted octanol–water partition coefficient (Wildman–Crippen LogP) is 3.92. The van der Waals surface area contributed by atoms with Gasteiger partial charge >= 0.3 is 0 Å². The second-order valence-corrected chi connectivity index (χ2v) is 7.20. The maximum Gasteiger partial charge on any atom is 0.0237 e. The fourth-order valence-corrected chi connectivity index (χ4v) is 3.39. The summed E-state index contributed by atoms with van der Waals surface area (Å²) < 4.78 is 0. The molecule has 1 aliphatic heterocycles. The second kappa shape index (κ2) is 6.93. The van der Waals surface area contributed by atoms with Gasteiger partial charge < -0.3 is 5.32 Å². The SMILES string of the molecule is CC(C)c1ccc(CN(CC2CCCCN2)C2CC2)cc1. The van der Waals surface area contributed by atoms with Crippen LogP contribution in [-0.4, -0.2) is 30.1 Å². The number of piperidine rings is 1. The lowest BCUT2D eigenvalue weighted by Gasteiger charge is -2.30. The number of rotatable bonds is 6. The van der Waals surface area contributed by atoms with Crippen LogP contribution in [0.2, 0.25) is 0 Å². The van der Waals surface area contributed by atoms with Gasteiger partial charge in [-0.05, 0) is 49.3 Å². The van der Waals surface area contributed by atoms with Gasteiger partial charge in [0.15, 0.2) is 0 Å². The van der Waals surface area contributed by atoms with Crippen molar-refractivity contribution in [2.24, 2.45) is 0 Å². The van der Waals surface area contributed by atoms with Crippen LogP contribution in [0.3, 0.4) is 0 Å². The Morgan fingerprint density at radius 1 is 1.10 bits per heavy atom. The van der Waals surface area contributed by atoms with Gasteiger partial charge in [0, 0.05) is 25.2 Å². The van der Waals surface area contributed by atoms with Crippen LogP contribution in [0.5, 0.6) is 0 Å². The summed E-state index contributed by atoms with van der Waals surface area (Å²) in [6.45, 7) is 8.10. The third-order valence-electron chi connectivity index (χ3n) is 4.96. The molecule has 116 valence electrons. The number of hydrogen-bond acceptors (Lipinski definition) is 2. The molecule has 0 amide bonds. The molecule has 2 heteroatoms. The molecule has 0 aromatic heterocycles. The van der Waals surface area contributed by atoms with Crippen LogP contribution in [-0.2, 0) is 6.54 Å². The van der Waals surface area contributed by atoms with E-state index in [1.54, 1.807) is 0 Å². The fourth-order valence-electron chi connectivity index (χ4n) is 3.39. The Morgan fingerprint density at radius 2 is 1.86 bits per heavy atom. The third kappa shape index (κ3) is 4.31. The van der Waals surface area contributed by atoms with E-state index in [4.69, 9.17) is 0 Å². The number of benzene rings is 1. The Bertz CT molecular complexity index is 427. The summed E-state index contributed by atoms with van der Waals surface area (Å²) >= 11 is 0. The minimum atomic E-state index is 0.630. The lowest BCUT2D eigenvalue weighted by molar-refractivity contribution is 0.208. The van der Waals surface area contributed by atoms with Crippen LogP contribution in [0.1, 0.15) is 63.0 Å². The highest BCUT2D eigenvalue weighted by Gasteiger charge is 2.30.